The normalized spacial score (nSPS) is 11.1. The molecular formula is C18H17ClF3N3O2. The average Bonchev–Trinajstić information content (AvgIpc) is 2.60. The number of pyridine rings is 1. The largest absolute Gasteiger partial charge is 0.416 e. The van der Waals surface area contributed by atoms with E-state index in [4.69, 9.17) is 11.6 Å². The van der Waals surface area contributed by atoms with Crippen molar-refractivity contribution in [3.05, 3.63) is 58.9 Å². The van der Waals surface area contributed by atoms with Crippen molar-refractivity contribution in [2.24, 2.45) is 0 Å². The molecule has 0 spiro atoms. The standard InChI is InChI=1S/C18H17ClF3N3O2/c1-12(26)25(11-14-4-2-3-8-23-14)9-7-17(27)24-16-10-13(18(20,21)22)5-6-15(16)19/h2-6,8,10H,7,9,11H2,1H3,(H,24,27). The molecule has 1 aromatic heterocycles. The maximum Gasteiger partial charge on any atom is 0.416 e. The molecule has 144 valence electrons. The van der Waals surface area contributed by atoms with Crippen LogP contribution in [0.2, 0.25) is 5.02 Å². The van der Waals surface area contributed by atoms with E-state index in [1.807, 2.05) is 0 Å². The monoisotopic (exact) mass is 399 g/mol. The number of rotatable bonds is 6. The van der Waals surface area contributed by atoms with E-state index in [0.717, 1.165) is 18.2 Å². The van der Waals surface area contributed by atoms with Gasteiger partial charge in [0.25, 0.3) is 0 Å². The van der Waals surface area contributed by atoms with Crippen molar-refractivity contribution in [3.8, 4) is 0 Å². The third kappa shape index (κ3) is 6.25. The van der Waals surface area contributed by atoms with Crippen molar-refractivity contribution in [2.75, 3.05) is 11.9 Å². The minimum absolute atomic E-state index is 0.00624. The summed E-state index contributed by atoms with van der Waals surface area (Å²) in [4.78, 5) is 29.4. The van der Waals surface area contributed by atoms with Crippen LogP contribution in [0.1, 0.15) is 24.6 Å². The van der Waals surface area contributed by atoms with Gasteiger partial charge in [0.05, 0.1) is 28.5 Å². The van der Waals surface area contributed by atoms with Gasteiger partial charge in [-0.3, -0.25) is 14.6 Å². The lowest BCUT2D eigenvalue weighted by molar-refractivity contribution is -0.137. The van der Waals surface area contributed by atoms with E-state index in [2.05, 4.69) is 10.3 Å². The highest BCUT2D eigenvalue weighted by molar-refractivity contribution is 6.33. The highest BCUT2D eigenvalue weighted by Gasteiger charge is 2.31. The van der Waals surface area contributed by atoms with Gasteiger partial charge in [0.2, 0.25) is 11.8 Å². The number of carbonyl (C=O) groups excluding carboxylic acids is 2. The quantitative estimate of drug-likeness (QED) is 0.794. The molecular weight excluding hydrogens is 383 g/mol. The predicted molar refractivity (Wildman–Crippen MR) is 95.0 cm³/mol. The molecule has 0 saturated carbocycles. The Labute approximate surface area is 159 Å². The first-order chi connectivity index (χ1) is 12.7. The predicted octanol–water partition coefficient (Wildman–Crippen LogP) is 4.13. The topological polar surface area (TPSA) is 62.3 Å². The van der Waals surface area contributed by atoms with E-state index >= 15 is 0 Å². The van der Waals surface area contributed by atoms with Gasteiger partial charge in [0.15, 0.2) is 0 Å². The summed E-state index contributed by atoms with van der Waals surface area (Å²) >= 11 is 5.86. The fourth-order valence-electron chi connectivity index (χ4n) is 2.28. The first-order valence-corrected chi connectivity index (χ1v) is 8.36. The summed E-state index contributed by atoms with van der Waals surface area (Å²) in [7, 11) is 0. The minimum atomic E-state index is -4.54. The van der Waals surface area contributed by atoms with Crippen LogP contribution in [-0.2, 0) is 22.3 Å². The fraction of sp³-hybridized carbons (Fsp3) is 0.278. The number of amides is 2. The number of nitrogens with zero attached hydrogens (tertiary/aromatic N) is 2. The fourth-order valence-corrected chi connectivity index (χ4v) is 2.45. The van der Waals surface area contributed by atoms with Gasteiger partial charge in [-0.1, -0.05) is 17.7 Å². The van der Waals surface area contributed by atoms with Crippen molar-refractivity contribution in [3.63, 3.8) is 0 Å². The SMILES string of the molecule is CC(=O)N(CCC(=O)Nc1cc(C(F)(F)F)ccc1Cl)Cc1ccccn1. The van der Waals surface area contributed by atoms with Gasteiger partial charge in [-0.15, -0.1) is 0 Å². The van der Waals surface area contributed by atoms with Gasteiger partial charge in [0, 0.05) is 26.1 Å². The van der Waals surface area contributed by atoms with Crippen LogP contribution in [0.15, 0.2) is 42.6 Å². The summed E-state index contributed by atoms with van der Waals surface area (Å²) in [5.74, 6) is -0.797. The maximum absolute atomic E-state index is 12.8. The Kier molecular flexibility index (Phi) is 6.79. The van der Waals surface area contributed by atoms with Gasteiger partial charge < -0.3 is 10.2 Å². The van der Waals surface area contributed by atoms with Gasteiger partial charge in [-0.2, -0.15) is 13.2 Å². The summed E-state index contributed by atoms with van der Waals surface area (Å²) in [5, 5.41) is 2.35. The molecule has 0 atom stereocenters. The molecule has 0 unspecified atom stereocenters. The van der Waals surface area contributed by atoms with Crippen LogP contribution in [0, 0.1) is 0 Å². The molecule has 0 fully saturated rings. The zero-order valence-corrected chi connectivity index (χ0v) is 15.1. The number of anilines is 1. The molecule has 0 radical (unpaired) electrons. The highest BCUT2D eigenvalue weighted by atomic mass is 35.5. The lowest BCUT2D eigenvalue weighted by atomic mass is 10.2. The lowest BCUT2D eigenvalue weighted by Crippen LogP contribution is -2.31. The first kappa shape index (κ1) is 20.7. The second-order valence-corrected chi connectivity index (χ2v) is 6.16. The molecule has 0 aliphatic heterocycles. The first-order valence-electron chi connectivity index (χ1n) is 7.99. The van der Waals surface area contributed by atoms with Crippen LogP contribution in [0.3, 0.4) is 0 Å². The van der Waals surface area contributed by atoms with Crippen LogP contribution in [-0.4, -0.2) is 28.2 Å². The number of alkyl halides is 3. The van der Waals surface area contributed by atoms with Gasteiger partial charge >= 0.3 is 6.18 Å². The molecule has 0 bridgehead atoms. The highest BCUT2D eigenvalue weighted by Crippen LogP contribution is 2.33. The number of carbonyl (C=O) groups is 2. The molecule has 1 aromatic carbocycles. The second-order valence-electron chi connectivity index (χ2n) is 5.75. The molecule has 0 aliphatic carbocycles. The second kappa shape index (κ2) is 8.85. The van der Waals surface area contributed by atoms with Crippen molar-refractivity contribution in [1.29, 1.82) is 0 Å². The summed E-state index contributed by atoms with van der Waals surface area (Å²) < 4.78 is 38.3. The summed E-state index contributed by atoms with van der Waals surface area (Å²) in [5.41, 5.74) is -0.382. The number of halogens is 4. The Hall–Kier alpha value is -2.61. The third-order valence-electron chi connectivity index (χ3n) is 3.70. The molecule has 1 N–H and O–H groups in total. The van der Waals surface area contributed by atoms with Gasteiger partial charge in [0.1, 0.15) is 0 Å². The van der Waals surface area contributed by atoms with E-state index in [1.165, 1.54) is 11.8 Å². The van der Waals surface area contributed by atoms with Crippen LogP contribution < -0.4 is 5.32 Å². The van der Waals surface area contributed by atoms with Crippen molar-refractivity contribution < 1.29 is 22.8 Å². The lowest BCUT2D eigenvalue weighted by Gasteiger charge is -2.20. The van der Waals surface area contributed by atoms with E-state index in [9.17, 15) is 22.8 Å². The number of benzene rings is 1. The smallest absolute Gasteiger partial charge is 0.337 e. The van der Waals surface area contributed by atoms with Crippen LogP contribution in [0.25, 0.3) is 0 Å². The van der Waals surface area contributed by atoms with Gasteiger partial charge in [-0.05, 0) is 30.3 Å². The summed E-state index contributed by atoms with van der Waals surface area (Å²) in [6, 6.07) is 7.96. The number of hydrogen-bond donors (Lipinski definition) is 1. The molecule has 5 nitrogen and oxygen atoms in total. The molecule has 1 heterocycles. The zero-order chi connectivity index (χ0) is 20.0. The summed E-state index contributed by atoms with van der Waals surface area (Å²) in [6.07, 6.45) is -3.05. The Morgan fingerprint density at radius 1 is 1.22 bits per heavy atom. The van der Waals surface area contributed by atoms with Crippen LogP contribution in [0.4, 0.5) is 18.9 Å². The minimum Gasteiger partial charge on any atom is -0.337 e. The molecule has 27 heavy (non-hydrogen) atoms. The van der Waals surface area contributed by atoms with Crippen LogP contribution in [0.5, 0.6) is 0 Å². The van der Waals surface area contributed by atoms with E-state index in [1.54, 1.807) is 24.4 Å². The van der Waals surface area contributed by atoms with Crippen molar-refractivity contribution >= 4 is 29.1 Å². The average molecular weight is 400 g/mol. The molecule has 2 aromatic rings. The Balaban J connectivity index is 1.99. The number of aromatic nitrogens is 1. The van der Waals surface area contributed by atoms with Gasteiger partial charge in [-0.25, -0.2) is 0 Å². The Bertz CT molecular complexity index is 813. The molecule has 0 aliphatic rings. The summed E-state index contributed by atoms with van der Waals surface area (Å²) in [6.45, 7) is 1.69. The van der Waals surface area contributed by atoms with E-state index in [0.29, 0.717) is 5.69 Å². The number of nitrogens with one attached hydrogen (secondary N) is 1. The molecule has 2 amide bonds. The third-order valence-corrected chi connectivity index (χ3v) is 4.03. The number of hydrogen-bond acceptors (Lipinski definition) is 3. The Morgan fingerprint density at radius 2 is 1.96 bits per heavy atom. The zero-order valence-electron chi connectivity index (χ0n) is 14.4. The Morgan fingerprint density at radius 3 is 2.56 bits per heavy atom. The van der Waals surface area contributed by atoms with Crippen LogP contribution >= 0.6 is 11.6 Å². The molecule has 0 saturated heterocycles. The molecule has 2 rings (SSSR count). The van der Waals surface area contributed by atoms with Crippen molar-refractivity contribution in [2.45, 2.75) is 26.1 Å². The van der Waals surface area contributed by atoms with E-state index < -0.39 is 17.6 Å². The molecule has 9 heteroatoms. The van der Waals surface area contributed by atoms with E-state index in [-0.39, 0.29) is 36.1 Å². The maximum atomic E-state index is 12.8. The van der Waals surface area contributed by atoms with Crippen molar-refractivity contribution in [1.82, 2.24) is 9.88 Å².